The Balaban J connectivity index is 1.74. The van der Waals surface area contributed by atoms with Gasteiger partial charge in [-0.25, -0.2) is 9.59 Å². The van der Waals surface area contributed by atoms with E-state index in [9.17, 15) is 31.9 Å². The minimum Gasteiger partial charge on any atom is -0.465 e. The summed E-state index contributed by atoms with van der Waals surface area (Å²) in [5, 5.41) is 13.2. The van der Waals surface area contributed by atoms with Gasteiger partial charge in [-0.2, -0.15) is 17.6 Å². The second-order valence-electron chi connectivity index (χ2n) is 7.09. The maximum absolute atomic E-state index is 13.3. The summed E-state index contributed by atoms with van der Waals surface area (Å²) in [6.45, 7) is -2.73. The van der Waals surface area contributed by atoms with Gasteiger partial charge in [-0.05, 0) is 24.8 Å². The fraction of sp³-hybridized carbons (Fsp3) is 0.526. The third-order valence-electron chi connectivity index (χ3n) is 4.62. The number of rotatable bonds is 9. The van der Waals surface area contributed by atoms with Crippen LogP contribution in [0.4, 0.5) is 27.2 Å². The van der Waals surface area contributed by atoms with Gasteiger partial charge < -0.3 is 25.4 Å². The number of hydrogen-bond acceptors (Lipinski definition) is 4. The highest BCUT2D eigenvalue weighted by Crippen LogP contribution is 2.41. The average molecular weight is 449 g/mol. The number of likely N-dealkylation sites (tertiary alicyclic amines) is 1. The molecule has 1 saturated heterocycles. The van der Waals surface area contributed by atoms with Gasteiger partial charge in [-0.1, -0.05) is 30.3 Å². The van der Waals surface area contributed by atoms with Crippen LogP contribution in [0.1, 0.15) is 24.8 Å². The number of alkyl halides is 4. The Morgan fingerprint density at radius 2 is 1.68 bits per heavy atom. The van der Waals surface area contributed by atoms with Crippen molar-refractivity contribution in [3.63, 3.8) is 0 Å². The summed E-state index contributed by atoms with van der Waals surface area (Å²) in [6, 6.07) is 7.53. The molecule has 0 bridgehead atoms. The van der Waals surface area contributed by atoms with Crippen molar-refractivity contribution in [2.45, 2.75) is 43.8 Å². The van der Waals surface area contributed by atoms with Gasteiger partial charge in [0.05, 0.1) is 13.1 Å². The number of carboxylic acid groups (broad SMARTS) is 1. The number of hydrogen-bond donors (Lipinski definition) is 3. The van der Waals surface area contributed by atoms with E-state index in [0.717, 1.165) is 5.56 Å². The number of alkyl carbamates (subject to hydrolysis) is 1. The summed E-state index contributed by atoms with van der Waals surface area (Å²) in [5.41, 5.74) is 0.803. The van der Waals surface area contributed by atoms with E-state index in [1.807, 2.05) is 11.4 Å². The van der Waals surface area contributed by atoms with E-state index in [-0.39, 0.29) is 30.9 Å². The first-order chi connectivity index (χ1) is 14.5. The van der Waals surface area contributed by atoms with Gasteiger partial charge in [0.1, 0.15) is 12.6 Å². The molecule has 1 aliphatic rings. The highest BCUT2D eigenvalue weighted by atomic mass is 19.3. The van der Waals surface area contributed by atoms with Crippen LogP contribution >= 0.6 is 0 Å². The summed E-state index contributed by atoms with van der Waals surface area (Å²) in [6.07, 6.45) is -1.83. The maximum Gasteiger partial charge on any atom is 0.407 e. The molecular formula is C19H23F4N3O5. The van der Waals surface area contributed by atoms with Crippen LogP contribution in [0.15, 0.2) is 30.3 Å². The summed E-state index contributed by atoms with van der Waals surface area (Å²) >= 11 is 0. The predicted octanol–water partition coefficient (Wildman–Crippen LogP) is 2.83. The highest BCUT2D eigenvalue weighted by Gasteiger charge is 2.64. The smallest absolute Gasteiger partial charge is 0.407 e. The SMILES string of the molecule is O=C(O)NC(CCCCNC(=O)OCc1ccccc1)C(=O)N1CC(F)(F)C(F)(F)C1. The Morgan fingerprint density at radius 1 is 1.06 bits per heavy atom. The maximum atomic E-state index is 13.3. The lowest BCUT2D eigenvalue weighted by Crippen LogP contribution is -2.48. The van der Waals surface area contributed by atoms with Crippen molar-refractivity contribution < 1.29 is 41.8 Å². The Morgan fingerprint density at radius 3 is 2.26 bits per heavy atom. The second-order valence-corrected chi connectivity index (χ2v) is 7.09. The van der Waals surface area contributed by atoms with Gasteiger partial charge in [-0.3, -0.25) is 4.79 Å². The standard InChI is InChI=1S/C19H23F4N3O5/c20-18(21)11-26(12-19(18,22)23)15(27)14(25-16(28)29)8-4-5-9-24-17(30)31-10-13-6-2-1-3-7-13/h1-3,6-7,14,25H,4-5,8-12H2,(H,24,30)(H,28,29). The predicted molar refractivity (Wildman–Crippen MR) is 99.9 cm³/mol. The van der Waals surface area contributed by atoms with Crippen LogP contribution in [0.5, 0.6) is 0 Å². The Bertz CT molecular complexity index is 763. The van der Waals surface area contributed by atoms with E-state index in [4.69, 9.17) is 9.84 Å². The quantitative estimate of drug-likeness (QED) is 0.397. The first-order valence-electron chi connectivity index (χ1n) is 9.50. The molecule has 0 spiro atoms. The number of carbonyl (C=O) groups is 3. The van der Waals surface area contributed by atoms with Gasteiger partial charge in [0.25, 0.3) is 0 Å². The van der Waals surface area contributed by atoms with Crippen molar-refractivity contribution in [2.75, 3.05) is 19.6 Å². The van der Waals surface area contributed by atoms with Crippen LogP contribution in [0.3, 0.4) is 0 Å². The van der Waals surface area contributed by atoms with Crippen molar-refractivity contribution >= 4 is 18.1 Å². The topological polar surface area (TPSA) is 108 Å². The van der Waals surface area contributed by atoms with Crippen LogP contribution in [0, 0.1) is 0 Å². The number of ether oxygens (including phenoxy) is 1. The molecule has 0 radical (unpaired) electrons. The zero-order chi connectivity index (χ0) is 23.1. The van der Waals surface area contributed by atoms with Gasteiger partial charge in [-0.15, -0.1) is 0 Å². The number of carbonyl (C=O) groups excluding carboxylic acids is 2. The number of amides is 3. The van der Waals surface area contributed by atoms with Crippen LogP contribution < -0.4 is 10.6 Å². The van der Waals surface area contributed by atoms with Gasteiger partial charge >= 0.3 is 24.0 Å². The molecule has 1 unspecified atom stereocenters. The lowest BCUT2D eigenvalue weighted by molar-refractivity contribution is -0.172. The Labute approximate surface area is 175 Å². The Kier molecular flexibility index (Phi) is 8.06. The molecule has 3 N–H and O–H groups in total. The number of unbranched alkanes of at least 4 members (excludes halogenated alkanes) is 1. The van der Waals surface area contributed by atoms with E-state index < -0.39 is 49.1 Å². The third kappa shape index (κ3) is 7.00. The first-order valence-corrected chi connectivity index (χ1v) is 9.50. The van der Waals surface area contributed by atoms with E-state index in [1.165, 1.54) is 0 Å². The largest absolute Gasteiger partial charge is 0.465 e. The third-order valence-corrected chi connectivity index (χ3v) is 4.62. The van der Waals surface area contributed by atoms with Crippen molar-refractivity contribution in [1.82, 2.24) is 15.5 Å². The van der Waals surface area contributed by atoms with Gasteiger partial charge in [0.2, 0.25) is 5.91 Å². The van der Waals surface area contributed by atoms with Gasteiger partial charge in [0.15, 0.2) is 0 Å². The second kappa shape index (κ2) is 10.3. The van der Waals surface area contributed by atoms with Crippen LogP contribution in [-0.4, -0.2) is 65.6 Å². The summed E-state index contributed by atoms with van der Waals surface area (Å²) in [7, 11) is 0. The molecule has 8 nitrogen and oxygen atoms in total. The molecule has 1 aromatic carbocycles. The van der Waals surface area contributed by atoms with Crippen molar-refractivity contribution in [3.05, 3.63) is 35.9 Å². The molecular weight excluding hydrogens is 426 g/mol. The lowest BCUT2D eigenvalue weighted by Gasteiger charge is -2.22. The van der Waals surface area contributed by atoms with Crippen molar-refractivity contribution in [2.24, 2.45) is 0 Å². The lowest BCUT2D eigenvalue weighted by atomic mass is 10.1. The average Bonchev–Trinajstić information content (AvgIpc) is 2.92. The number of nitrogens with one attached hydrogen (secondary N) is 2. The number of benzene rings is 1. The summed E-state index contributed by atoms with van der Waals surface area (Å²) in [4.78, 5) is 35.1. The van der Waals surface area contributed by atoms with E-state index in [0.29, 0.717) is 6.42 Å². The fourth-order valence-corrected chi connectivity index (χ4v) is 2.99. The molecule has 3 amide bonds. The fourth-order valence-electron chi connectivity index (χ4n) is 2.99. The van der Waals surface area contributed by atoms with E-state index in [2.05, 4.69) is 5.32 Å². The molecule has 0 aromatic heterocycles. The molecule has 1 aromatic rings. The molecule has 2 rings (SSSR count). The number of halogens is 4. The minimum absolute atomic E-state index is 0.0802. The zero-order valence-corrected chi connectivity index (χ0v) is 16.5. The monoisotopic (exact) mass is 449 g/mol. The molecule has 1 heterocycles. The van der Waals surface area contributed by atoms with Crippen molar-refractivity contribution in [1.29, 1.82) is 0 Å². The van der Waals surface area contributed by atoms with E-state index in [1.54, 1.807) is 24.3 Å². The van der Waals surface area contributed by atoms with Gasteiger partial charge in [0, 0.05) is 6.54 Å². The minimum atomic E-state index is -4.37. The van der Waals surface area contributed by atoms with Crippen molar-refractivity contribution in [3.8, 4) is 0 Å². The Hall–Kier alpha value is -3.05. The van der Waals surface area contributed by atoms with E-state index >= 15 is 0 Å². The number of nitrogens with zero attached hydrogens (tertiary/aromatic N) is 1. The molecule has 1 fully saturated rings. The summed E-state index contributed by atoms with van der Waals surface area (Å²) in [5.74, 6) is -9.89. The molecule has 1 atom stereocenters. The molecule has 0 saturated carbocycles. The van der Waals surface area contributed by atoms with Crippen LogP contribution in [0.2, 0.25) is 0 Å². The highest BCUT2D eigenvalue weighted by molar-refractivity contribution is 5.85. The van der Waals surface area contributed by atoms with Crippen LogP contribution in [0.25, 0.3) is 0 Å². The summed E-state index contributed by atoms with van der Waals surface area (Å²) < 4.78 is 58.3. The zero-order valence-electron chi connectivity index (χ0n) is 16.5. The van der Waals surface area contributed by atoms with Crippen LogP contribution in [-0.2, 0) is 16.1 Å². The first kappa shape index (κ1) is 24.2. The normalized spacial score (nSPS) is 17.6. The molecule has 12 heteroatoms. The molecule has 31 heavy (non-hydrogen) atoms. The molecule has 172 valence electrons. The molecule has 1 aliphatic heterocycles. The molecule has 0 aliphatic carbocycles.